The molecule has 1 N–H and O–H groups in total. The van der Waals surface area contributed by atoms with Crippen LogP contribution >= 0.6 is 0 Å². The molecule has 0 spiro atoms. The van der Waals surface area contributed by atoms with Crippen LogP contribution in [0.5, 0.6) is 11.5 Å². The highest BCUT2D eigenvalue weighted by Gasteiger charge is 2.12. The van der Waals surface area contributed by atoms with E-state index in [2.05, 4.69) is 55.6 Å². The second-order valence-corrected chi connectivity index (χ2v) is 5.44. The molecule has 1 aliphatic rings. The maximum Gasteiger partial charge on any atom is 0.161 e. The average molecular weight is 283 g/mol. The normalized spacial score (nSPS) is 14.8. The van der Waals surface area contributed by atoms with Gasteiger partial charge in [-0.3, -0.25) is 0 Å². The van der Waals surface area contributed by atoms with Crippen LogP contribution in [-0.4, -0.2) is 13.2 Å². The second-order valence-electron chi connectivity index (χ2n) is 5.44. The zero-order chi connectivity index (χ0) is 14.7. The summed E-state index contributed by atoms with van der Waals surface area (Å²) < 4.78 is 11.2. The Hall–Kier alpha value is -2.00. The summed E-state index contributed by atoms with van der Waals surface area (Å²) in [6.07, 6.45) is 0. The van der Waals surface area contributed by atoms with Gasteiger partial charge in [0.1, 0.15) is 13.2 Å². The third-order valence-corrected chi connectivity index (χ3v) is 3.87. The van der Waals surface area contributed by atoms with E-state index in [9.17, 15) is 0 Å². The Bertz CT molecular complexity index is 624. The van der Waals surface area contributed by atoms with E-state index in [1.807, 2.05) is 6.07 Å². The summed E-state index contributed by atoms with van der Waals surface area (Å²) in [7, 11) is 0. The molecule has 2 aromatic carbocycles. The largest absolute Gasteiger partial charge is 0.486 e. The van der Waals surface area contributed by atoms with Gasteiger partial charge in [0.05, 0.1) is 0 Å². The molecular weight excluding hydrogens is 262 g/mol. The summed E-state index contributed by atoms with van der Waals surface area (Å²) in [6.45, 7) is 6.42. The standard InChI is InChI=1S/C18H21NO2/c1-13-5-3-4-6-16(13)14(2)19-12-15-7-8-17-18(11-15)21-10-9-20-17/h3-8,11,14,19H,9-10,12H2,1-2H3. The Balaban J connectivity index is 1.66. The van der Waals surface area contributed by atoms with E-state index in [0.717, 1.165) is 18.0 Å². The molecular formula is C18H21NO2. The van der Waals surface area contributed by atoms with Gasteiger partial charge in [-0.1, -0.05) is 30.3 Å². The van der Waals surface area contributed by atoms with Crippen molar-refractivity contribution >= 4 is 0 Å². The molecule has 1 unspecified atom stereocenters. The van der Waals surface area contributed by atoms with Crippen LogP contribution in [-0.2, 0) is 6.54 Å². The molecule has 3 rings (SSSR count). The molecule has 3 heteroatoms. The topological polar surface area (TPSA) is 30.5 Å². The maximum absolute atomic E-state index is 5.62. The first-order valence-electron chi connectivity index (χ1n) is 7.41. The number of rotatable bonds is 4. The fourth-order valence-electron chi connectivity index (χ4n) is 2.65. The van der Waals surface area contributed by atoms with Crippen molar-refractivity contribution in [2.24, 2.45) is 0 Å². The summed E-state index contributed by atoms with van der Waals surface area (Å²) in [6, 6.07) is 15.0. The lowest BCUT2D eigenvalue weighted by molar-refractivity contribution is 0.171. The van der Waals surface area contributed by atoms with Crippen LogP contribution in [0.2, 0.25) is 0 Å². The molecule has 0 saturated heterocycles. The number of hydrogen-bond acceptors (Lipinski definition) is 3. The quantitative estimate of drug-likeness (QED) is 0.929. The zero-order valence-corrected chi connectivity index (χ0v) is 12.6. The van der Waals surface area contributed by atoms with Crippen molar-refractivity contribution < 1.29 is 9.47 Å². The molecule has 110 valence electrons. The van der Waals surface area contributed by atoms with E-state index in [1.54, 1.807) is 0 Å². The number of hydrogen-bond donors (Lipinski definition) is 1. The van der Waals surface area contributed by atoms with Gasteiger partial charge in [0.25, 0.3) is 0 Å². The molecule has 0 bridgehead atoms. The first-order chi connectivity index (χ1) is 10.2. The minimum absolute atomic E-state index is 0.319. The number of benzene rings is 2. The summed E-state index contributed by atoms with van der Waals surface area (Å²) in [5.74, 6) is 1.70. The second kappa shape index (κ2) is 6.19. The van der Waals surface area contributed by atoms with Crippen molar-refractivity contribution in [3.8, 4) is 11.5 Å². The van der Waals surface area contributed by atoms with E-state index >= 15 is 0 Å². The van der Waals surface area contributed by atoms with Crippen LogP contribution in [0.15, 0.2) is 42.5 Å². The van der Waals surface area contributed by atoms with Gasteiger partial charge in [0, 0.05) is 12.6 Å². The molecule has 2 aromatic rings. The van der Waals surface area contributed by atoms with E-state index < -0.39 is 0 Å². The average Bonchev–Trinajstić information content (AvgIpc) is 2.53. The Labute approximate surface area is 125 Å². The van der Waals surface area contributed by atoms with Crippen molar-refractivity contribution in [2.75, 3.05) is 13.2 Å². The molecule has 0 aliphatic carbocycles. The van der Waals surface area contributed by atoms with Gasteiger partial charge in [0.15, 0.2) is 11.5 Å². The van der Waals surface area contributed by atoms with Gasteiger partial charge < -0.3 is 14.8 Å². The predicted molar refractivity (Wildman–Crippen MR) is 83.9 cm³/mol. The van der Waals surface area contributed by atoms with E-state index in [0.29, 0.717) is 19.3 Å². The van der Waals surface area contributed by atoms with E-state index in [4.69, 9.17) is 9.47 Å². The highest BCUT2D eigenvalue weighted by molar-refractivity contribution is 5.43. The summed E-state index contributed by atoms with van der Waals surface area (Å²) in [5, 5.41) is 3.57. The number of nitrogens with one attached hydrogen (secondary N) is 1. The third-order valence-electron chi connectivity index (χ3n) is 3.87. The van der Waals surface area contributed by atoms with E-state index in [1.165, 1.54) is 16.7 Å². The Morgan fingerprint density at radius 1 is 1.05 bits per heavy atom. The maximum atomic E-state index is 5.62. The van der Waals surface area contributed by atoms with Crippen LogP contribution in [0.4, 0.5) is 0 Å². The summed E-state index contributed by atoms with van der Waals surface area (Å²) >= 11 is 0. The number of fused-ring (bicyclic) bond motifs is 1. The molecule has 0 saturated carbocycles. The minimum atomic E-state index is 0.319. The van der Waals surface area contributed by atoms with Crippen LogP contribution < -0.4 is 14.8 Å². The molecule has 3 nitrogen and oxygen atoms in total. The first kappa shape index (κ1) is 14.0. The van der Waals surface area contributed by atoms with Crippen molar-refractivity contribution in [1.82, 2.24) is 5.32 Å². The van der Waals surface area contributed by atoms with Crippen LogP contribution in [0.25, 0.3) is 0 Å². The summed E-state index contributed by atoms with van der Waals surface area (Å²) in [4.78, 5) is 0. The highest BCUT2D eigenvalue weighted by atomic mass is 16.6. The smallest absolute Gasteiger partial charge is 0.161 e. The van der Waals surface area contributed by atoms with Crippen LogP contribution in [0.1, 0.15) is 29.7 Å². The Kier molecular flexibility index (Phi) is 4.11. The molecule has 1 atom stereocenters. The zero-order valence-electron chi connectivity index (χ0n) is 12.6. The minimum Gasteiger partial charge on any atom is -0.486 e. The van der Waals surface area contributed by atoms with Crippen molar-refractivity contribution in [3.63, 3.8) is 0 Å². The molecule has 1 aliphatic heterocycles. The monoisotopic (exact) mass is 283 g/mol. The first-order valence-corrected chi connectivity index (χ1v) is 7.41. The Morgan fingerprint density at radius 3 is 2.62 bits per heavy atom. The molecule has 0 radical (unpaired) electrons. The number of aryl methyl sites for hydroxylation is 1. The fourth-order valence-corrected chi connectivity index (χ4v) is 2.65. The van der Waals surface area contributed by atoms with Gasteiger partial charge in [-0.2, -0.15) is 0 Å². The lowest BCUT2D eigenvalue weighted by Crippen LogP contribution is -2.19. The lowest BCUT2D eigenvalue weighted by Gasteiger charge is -2.20. The van der Waals surface area contributed by atoms with Crippen LogP contribution in [0, 0.1) is 6.92 Å². The van der Waals surface area contributed by atoms with Gasteiger partial charge in [-0.25, -0.2) is 0 Å². The molecule has 0 fully saturated rings. The summed E-state index contributed by atoms with van der Waals surface area (Å²) in [5.41, 5.74) is 3.87. The van der Waals surface area contributed by atoms with Gasteiger partial charge in [0.2, 0.25) is 0 Å². The number of ether oxygens (including phenoxy) is 2. The van der Waals surface area contributed by atoms with Crippen molar-refractivity contribution in [3.05, 3.63) is 59.2 Å². The lowest BCUT2D eigenvalue weighted by atomic mass is 10.0. The van der Waals surface area contributed by atoms with Crippen molar-refractivity contribution in [1.29, 1.82) is 0 Å². The molecule has 1 heterocycles. The molecule has 0 amide bonds. The fraction of sp³-hybridized carbons (Fsp3) is 0.333. The highest BCUT2D eigenvalue weighted by Crippen LogP contribution is 2.30. The van der Waals surface area contributed by atoms with E-state index in [-0.39, 0.29) is 0 Å². The van der Waals surface area contributed by atoms with Gasteiger partial charge >= 0.3 is 0 Å². The SMILES string of the molecule is Cc1ccccc1C(C)NCc1ccc2c(c1)OCCO2. The van der Waals surface area contributed by atoms with Crippen molar-refractivity contribution in [2.45, 2.75) is 26.4 Å². The molecule has 0 aromatic heterocycles. The third kappa shape index (κ3) is 3.19. The van der Waals surface area contributed by atoms with Crippen LogP contribution in [0.3, 0.4) is 0 Å². The predicted octanol–water partition coefficient (Wildman–Crippen LogP) is 3.62. The Morgan fingerprint density at radius 2 is 1.81 bits per heavy atom. The van der Waals surface area contributed by atoms with Gasteiger partial charge in [-0.05, 0) is 42.7 Å². The van der Waals surface area contributed by atoms with Gasteiger partial charge in [-0.15, -0.1) is 0 Å². The molecule has 21 heavy (non-hydrogen) atoms.